The zero-order chi connectivity index (χ0) is 17.9. The predicted molar refractivity (Wildman–Crippen MR) is 96.2 cm³/mol. The first-order valence-corrected chi connectivity index (χ1v) is 8.05. The van der Waals surface area contributed by atoms with Crippen molar-refractivity contribution >= 4 is 23.2 Å². The van der Waals surface area contributed by atoms with Crippen LogP contribution in [0.4, 0.5) is 11.4 Å². The van der Waals surface area contributed by atoms with Gasteiger partial charge >= 0.3 is 11.8 Å². The number of benzene rings is 3. The maximum Gasteiger partial charge on any atom is 0.370 e. The van der Waals surface area contributed by atoms with Crippen molar-refractivity contribution in [3.8, 4) is 0 Å². The van der Waals surface area contributed by atoms with Crippen LogP contribution in [-0.4, -0.2) is 16.5 Å². The van der Waals surface area contributed by atoms with Gasteiger partial charge in [-0.25, -0.2) is 9.59 Å². The first-order chi connectivity index (χ1) is 12.7. The summed E-state index contributed by atoms with van der Waals surface area (Å²) in [6.07, 6.45) is 0. The minimum Gasteiger partial charge on any atom is -0.471 e. The molecule has 0 fully saturated rings. The number of para-hydroxylation sites is 1. The van der Waals surface area contributed by atoms with Crippen molar-refractivity contribution in [3.63, 3.8) is 0 Å². The molecular weight excluding hydrogens is 328 g/mol. The molecule has 2 amide bonds. The lowest BCUT2D eigenvalue weighted by atomic mass is 10.1. The van der Waals surface area contributed by atoms with E-state index in [1.165, 1.54) is 5.12 Å². The Morgan fingerprint density at radius 3 is 1.77 bits per heavy atom. The third kappa shape index (κ3) is 2.84. The van der Waals surface area contributed by atoms with Crippen LogP contribution in [0.2, 0.25) is 0 Å². The van der Waals surface area contributed by atoms with E-state index < -0.39 is 11.8 Å². The van der Waals surface area contributed by atoms with E-state index in [0.29, 0.717) is 22.5 Å². The van der Waals surface area contributed by atoms with E-state index in [9.17, 15) is 9.59 Å². The number of carbonyl (C=O) groups excluding carboxylic acids is 2. The van der Waals surface area contributed by atoms with Crippen molar-refractivity contribution in [1.29, 1.82) is 0 Å². The summed E-state index contributed by atoms with van der Waals surface area (Å²) in [5.41, 5.74) is 6.41. The Morgan fingerprint density at radius 1 is 0.692 bits per heavy atom. The molecule has 0 saturated heterocycles. The van der Waals surface area contributed by atoms with Crippen molar-refractivity contribution in [2.45, 2.75) is 0 Å². The van der Waals surface area contributed by atoms with Gasteiger partial charge in [0.15, 0.2) is 0 Å². The average Bonchev–Trinajstić information content (AvgIpc) is 2.94. The SMILES string of the molecule is O=C1c2ccccc2C(=O)[N+]1=NN([N-]c1ccccc1)c1ccccc1. The van der Waals surface area contributed by atoms with E-state index in [-0.39, 0.29) is 0 Å². The van der Waals surface area contributed by atoms with E-state index in [2.05, 4.69) is 10.6 Å². The molecule has 0 bridgehead atoms. The molecule has 0 spiro atoms. The minimum atomic E-state index is -0.463. The molecular formula is C20H14N4O2. The highest BCUT2D eigenvalue weighted by atomic mass is 16.2. The molecule has 1 heterocycles. The summed E-state index contributed by atoms with van der Waals surface area (Å²) in [4.78, 5) is 25.1. The molecule has 3 aromatic carbocycles. The maximum absolute atomic E-state index is 12.6. The number of hydrogen-bond donors (Lipinski definition) is 0. The summed E-state index contributed by atoms with van der Waals surface area (Å²) in [7, 11) is 0. The summed E-state index contributed by atoms with van der Waals surface area (Å²) in [6, 6.07) is 25.0. The van der Waals surface area contributed by atoms with Gasteiger partial charge in [0.25, 0.3) is 0 Å². The standard InChI is InChI=1S/C20H14N4O2/c25-19-17-13-7-8-14-18(17)20(26)23(19)22-24(16-11-5-2-6-12-16)21-15-9-3-1-4-10-15/h1-14H. The van der Waals surface area contributed by atoms with Crippen LogP contribution in [0, 0.1) is 0 Å². The Kier molecular flexibility index (Phi) is 3.99. The monoisotopic (exact) mass is 342 g/mol. The number of rotatable bonds is 4. The van der Waals surface area contributed by atoms with Gasteiger partial charge in [0.1, 0.15) is 5.69 Å². The second-order valence-electron chi connectivity index (χ2n) is 5.62. The Bertz CT molecular complexity index is 964. The Balaban J connectivity index is 1.75. The van der Waals surface area contributed by atoms with Gasteiger partial charge in [-0.2, -0.15) is 5.12 Å². The van der Waals surface area contributed by atoms with E-state index in [4.69, 9.17) is 0 Å². The van der Waals surface area contributed by atoms with Gasteiger partial charge in [-0.05, 0) is 29.0 Å². The van der Waals surface area contributed by atoms with Crippen molar-refractivity contribution in [2.24, 2.45) is 5.22 Å². The molecule has 6 nitrogen and oxygen atoms in total. The predicted octanol–water partition coefficient (Wildman–Crippen LogP) is 4.49. The Labute approximate surface area is 149 Å². The minimum absolute atomic E-state index is 0.342. The lowest BCUT2D eigenvalue weighted by molar-refractivity contribution is -0.399. The molecule has 0 unspecified atom stereocenters. The highest BCUT2D eigenvalue weighted by molar-refractivity contribution is 6.11. The lowest BCUT2D eigenvalue weighted by Crippen LogP contribution is -2.22. The Hall–Kier alpha value is -3.80. The molecule has 26 heavy (non-hydrogen) atoms. The summed E-state index contributed by atoms with van der Waals surface area (Å²) >= 11 is 0. The summed E-state index contributed by atoms with van der Waals surface area (Å²) in [5.74, 6) is -0.926. The van der Waals surface area contributed by atoms with Crippen LogP contribution in [-0.2, 0) is 0 Å². The molecule has 1 aliphatic heterocycles. The van der Waals surface area contributed by atoms with Gasteiger partial charge in [0.2, 0.25) is 0 Å². The smallest absolute Gasteiger partial charge is 0.370 e. The molecule has 0 radical (unpaired) electrons. The number of imide groups is 1. The molecule has 0 aliphatic carbocycles. The van der Waals surface area contributed by atoms with Crippen molar-refractivity contribution < 1.29 is 14.3 Å². The van der Waals surface area contributed by atoms with Crippen LogP contribution >= 0.6 is 0 Å². The van der Waals surface area contributed by atoms with Crippen molar-refractivity contribution in [2.75, 3.05) is 5.12 Å². The van der Waals surface area contributed by atoms with Gasteiger partial charge in [0, 0.05) is 0 Å². The number of hydrogen-bond acceptors (Lipinski definition) is 3. The third-order valence-electron chi connectivity index (χ3n) is 3.90. The van der Waals surface area contributed by atoms with Gasteiger partial charge in [-0.3, -0.25) is 0 Å². The zero-order valence-electron chi connectivity index (χ0n) is 13.7. The Morgan fingerprint density at radius 2 is 1.19 bits per heavy atom. The summed E-state index contributed by atoms with van der Waals surface area (Å²) in [6.45, 7) is 0. The number of fused-ring (bicyclic) bond motifs is 1. The van der Waals surface area contributed by atoms with Crippen LogP contribution < -0.4 is 5.12 Å². The number of anilines is 1. The normalized spacial score (nSPS) is 12.7. The molecule has 0 atom stereocenters. The quantitative estimate of drug-likeness (QED) is 0.399. The number of carbonyl (C=O) groups is 2. The fourth-order valence-electron chi connectivity index (χ4n) is 2.64. The van der Waals surface area contributed by atoms with E-state index >= 15 is 0 Å². The van der Waals surface area contributed by atoms with Gasteiger partial charge < -0.3 is 5.43 Å². The largest absolute Gasteiger partial charge is 0.471 e. The fraction of sp³-hybridized carbons (Fsp3) is 0. The molecule has 6 heteroatoms. The van der Waals surface area contributed by atoms with Crippen LogP contribution in [0.5, 0.6) is 0 Å². The van der Waals surface area contributed by atoms with Gasteiger partial charge in [-0.15, -0.1) is 5.69 Å². The van der Waals surface area contributed by atoms with Crippen LogP contribution in [0.15, 0.2) is 90.2 Å². The first-order valence-electron chi connectivity index (χ1n) is 8.05. The van der Waals surface area contributed by atoms with Crippen LogP contribution in [0.25, 0.3) is 5.43 Å². The van der Waals surface area contributed by atoms with Gasteiger partial charge in [-0.1, -0.05) is 60.7 Å². The number of amides is 2. The van der Waals surface area contributed by atoms with Crippen LogP contribution in [0.1, 0.15) is 20.7 Å². The second kappa shape index (κ2) is 6.60. The molecule has 1 aliphatic rings. The number of nitrogens with zero attached hydrogens (tertiary/aromatic N) is 4. The van der Waals surface area contributed by atoms with Crippen molar-refractivity contribution in [3.05, 3.63) is 101 Å². The average molecular weight is 342 g/mol. The molecule has 0 N–H and O–H groups in total. The maximum atomic E-state index is 12.6. The molecule has 0 saturated carbocycles. The fourth-order valence-corrected chi connectivity index (χ4v) is 2.64. The second-order valence-corrected chi connectivity index (χ2v) is 5.62. The van der Waals surface area contributed by atoms with E-state index in [0.717, 1.165) is 4.70 Å². The molecule has 126 valence electrons. The van der Waals surface area contributed by atoms with Crippen molar-refractivity contribution in [1.82, 2.24) is 0 Å². The topological polar surface area (TPSA) is 66.8 Å². The van der Waals surface area contributed by atoms with Gasteiger partial charge in [0.05, 0.1) is 16.4 Å². The molecule has 0 aromatic heterocycles. The lowest BCUT2D eigenvalue weighted by Gasteiger charge is -2.25. The van der Waals surface area contributed by atoms with Crippen LogP contribution in [0.3, 0.4) is 0 Å². The van der Waals surface area contributed by atoms with E-state index in [1.54, 1.807) is 36.4 Å². The highest BCUT2D eigenvalue weighted by Gasteiger charge is 2.39. The third-order valence-corrected chi connectivity index (χ3v) is 3.90. The van der Waals surface area contributed by atoms with E-state index in [1.807, 2.05) is 48.5 Å². The first kappa shape index (κ1) is 15.7. The molecule has 3 aromatic rings. The summed E-state index contributed by atoms with van der Waals surface area (Å²) < 4.78 is 0.851. The zero-order valence-corrected chi connectivity index (χ0v) is 13.7. The molecule has 4 rings (SSSR count). The highest BCUT2D eigenvalue weighted by Crippen LogP contribution is 2.28. The summed E-state index contributed by atoms with van der Waals surface area (Å²) in [5, 5.41) is 5.51.